The molecule has 0 amide bonds. The van der Waals surface area contributed by atoms with Gasteiger partial charge in [-0.05, 0) is 48.5 Å². The summed E-state index contributed by atoms with van der Waals surface area (Å²) in [7, 11) is 0. The van der Waals surface area contributed by atoms with Crippen LogP contribution in [0.5, 0.6) is 5.75 Å². The van der Waals surface area contributed by atoms with E-state index < -0.39 is 0 Å². The van der Waals surface area contributed by atoms with Crippen LogP contribution in [0.25, 0.3) is 38.5 Å². The number of hydrogen-bond donors (Lipinski definition) is 1. The van der Waals surface area contributed by atoms with Gasteiger partial charge in [-0.1, -0.05) is 54.2 Å². The average Bonchev–Trinajstić information content (AvgIpc) is 3.15. The molecule has 4 nitrogen and oxygen atoms in total. The Hall–Kier alpha value is -3.83. The summed E-state index contributed by atoms with van der Waals surface area (Å²) in [4.78, 5) is 10.1. The van der Waals surface area contributed by atoms with Gasteiger partial charge in [-0.15, -0.1) is 0 Å². The van der Waals surface area contributed by atoms with E-state index in [2.05, 4.69) is 34.2 Å². The molecule has 5 heteroatoms. The van der Waals surface area contributed by atoms with E-state index in [1.807, 2.05) is 47.0 Å². The molecule has 148 valence electrons. The number of aromatic hydroxyl groups is 1. The molecule has 0 aliphatic carbocycles. The molecule has 0 aliphatic rings. The van der Waals surface area contributed by atoms with Gasteiger partial charge in [-0.25, -0.2) is 9.97 Å². The highest BCUT2D eigenvalue weighted by atomic mass is 32.2. The first kappa shape index (κ1) is 15.9. The highest BCUT2D eigenvalue weighted by molar-refractivity contribution is 7.99. The van der Waals surface area contributed by atoms with E-state index in [9.17, 15) is 5.11 Å². The minimum atomic E-state index is 0.0985. The highest BCUT2D eigenvalue weighted by Crippen LogP contribution is 2.36. The Balaban J connectivity index is 1.52. The predicted molar refractivity (Wildman–Crippen MR) is 126 cm³/mol. The first-order valence-corrected chi connectivity index (χ1v) is 10.6. The van der Waals surface area contributed by atoms with Crippen molar-refractivity contribution in [1.82, 2.24) is 14.5 Å². The van der Waals surface area contributed by atoms with Crippen molar-refractivity contribution < 1.29 is 7.85 Å². The number of phenols is 1. The summed E-state index contributed by atoms with van der Waals surface area (Å²) in [5.41, 5.74) is 2.54. The molecule has 0 atom stereocenters. The number of hydrogen-bond acceptors (Lipinski definition) is 4. The van der Waals surface area contributed by atoms with Gasteiger partial charge in [-0.2, -0.15) is 0 Å². The molecular weight excluding hydrogens is 402 g/mol. The van der Waals surface area contributed by atoms with Gasteiger partial charge in [-0.3, -0.25) is 4.57 Å². The van der Waals surface area contributed by atoms with Crippen LogP contribution in [0.15, 0.2) is 107 Å². The zero-order valence-corrected chi connectivity index (χ0v) is 17.1. The van der Waals surface area contributed by atoms with Gasteiger partial charge >= 0.3 is 0 Å². The molecular formula is C26H17N3OS. The van der Waals surface area contributed by atoms with E-state index in [4.69, 9.17) is 2.74 Å². The number of nitrogens with zero attached hydrogens (tertiary/aromatic N) is 3. The van der Waals surface area contributed by atoms with Crippen molar-refractivity contribution in [2.75, 3.05) is 0 Å². The molecule has 1 N–H and O–H groups in total. The molecule has 0 unspecified atom stereocenters. The number of para-hydroxylation sites is 2. The van der Waals surface area contributed by atoms with Crippen LogP contribution in [0.2, 0.25) is 0 Å². The first-order valence-electron chi connectivity index (χ1n) is 10.8. The fourth-order valence-corrected chi connectivity index (χ4v) is 4.77. The fraction of sp³-hybridized carbons (Fsp3) is 0. The Labute approximate surface area is 185 Å². The Morgan fingerprint density at radius 1 is 0.839 bits per heavy atom. The lowest BCUT2D eigenvalue weighted by Crippen LogP contribution is -1.96. The van der Waals surface area contributed by atoms with Crippen molar-refractivity contribution in [2.24, 2.45) is 0 Å². The molecule has 3 heterocycles. The molecule has 0 bridgehead atoms. The Kier molecular flexibility index (Phi) is 3.67. The summed E-state index contributed by atoms with van der Waals surface area (Å²) in [5.74, 6) is 0.777. The van der Waals surface area contributed by atoms with Gasteiger partial charge in [0.2, 0.25) is 0 Å². The maximum Gasteiger partial charge on any atom is 0.141 e. The van der Waals surface area contributed by atoms with Crippen LogP contribution in [0.4, 0.5) is 0 Å². The van der Waals surface area contributed by atoms with E-state index >= 15 is 0 Å². The quantitative estimate of drug-likeness (QED) is 0.350. The van der Waals surface area contributed by atoms with Crippen molar-refractivity contribution in [3.63, 3.8) is 0 Å². The molecule has 0 saturated heterocycles. The van der Waals surface area contributed by atoms with Crippen LogP contribution >= 0.6 is 11.8 Å². The smallest absolute Gasteiger partial charge is 0.141 e. The normalized spacial score (nSPS) is 12.4. The number of fused-ring (bicyclic) bond motifs is 4. The zero-order valence-electron chi connectivity index (χ0n) is 18.3. The number of phenolic OH excluding ortho intramolecular Hbond substituents is 1. The molecule has 0 saturated carbocycles. The van der Waals surface area contributed by atoms with Crippen LogP contribution in [-0.2, 0) is 0 Å². The highest BCUT2D eigenvalue weighted by Gasteiger charge is 2.14. The van der Waals surface area contributed by atoms with Crippen molar-refractivity contribution >= 4 is 44.5 Å². The second-order valence-electron chi connectivity index (χ2n) is 7.18. The Bertz CT molecular complexity index is 1700. The Morgan fingerprint density at radius 2 is 1.74 bits per heavy atom. The van der Waals surface area contributed by atoms with Gasteiger partial charge < -0.3 is 5.11 Å². The standard InChI is InChI=1S/C26H17N3OS/c30-23-9-5-6-17-11-14-25(28-26(17)23)31-18-12-13-20-19-7-1-2-8-21(19)29(22(20)16-18)24-10-3-4-15-27-24/h1-16,30H/i3D,4D. The van der Waals surface area contributed by atoms with Gasteiger partial charge in [0.1, 0.15) is 22.1 Å². The molecule has 31 heavy (non-hydrogen) atoms. The van der Waals surface area contributed by atoms with Crippen molar-refractivity contribution in [2.45, 2.75) is 9.92 Å². The molecule has 3 aromatic carbocycles. The van der Waals surface area contributed by atoms with Crippen molar-refractivity contribution in [1.29, 1.82) is 0 Å². The molecule has 0 fully saturated rings. The minimum Gasteiger partial charge on any atom is -0.506 e. The number of rotatable bonds is 3. The van der Waals surface area contributed by atoms with Crippen molar-refractivity contribution in [3.8, 4) is 11.6 Å². The van der Waals surface area contributed by atoms with E-state index in [1.165, 1.54) is 18.0 Å². The van der Waals surface area contributed by atoms with Crippen LogP contribution in [0, 0.1) is 0 Å². The summed E-state index contributed by atoms with van der Waals surface area (Å²) in [6.07, 6.45) is 1.42. The van der Waals surface area contributed by atoms with E-state index in [-0.39, 0.29) is 17.8 Å². The third kappa shape index (κ3) is 3.02. The van der Waals surface area contributed by atoms with Gasteiger partial charge in [0, 0.05) is 27.3 Å². The summed E-state index contributed by atoms with van der Waals surface area (Å²) < 4.78 is 17.9. The minimum absolute atomic E-state index is 0.0985. The summed E-state index contributed by atoms with van der Waals surface area (Å²) in [5, 5.41) is 14.0. The molecule has 0 radical (unpaired) electrons. The van der Waals surface area contributed by atoms with Gasteiger partial charge in [0.15, 0.2) is 0 Å². The van der Waals surface area contributed by atoms with Crippen LogP contribution in [-0.4, -0.2) is 19.6 Å². The predicted octanol–water partition coefficient (Wildman–Crippen LogP) is 6.58. The van der Waals surface area contributed by atoms with E-state index in [0.717, 1.165) is 37.1 Å². The largest absolute Gasteiger partial charge is 0.506 e. The second kappa shape index (κ2) is 7.15. The summed E-state index contributed by atoms with van der Waals surface area (Å²) >= 11 is 1.52. The topological polar surface area (TPSA) is 50.9 Å². The lowest BCUT2D eigenvalue weighted by Gasteiger charge is -2.08. The molecule has 6 aromatic rings. The average molecular weight is 422 g/mol. The molecule has 3 aromatic heterocycles. The Morgan fingerprint density at radius 3 is 2.68 bits per heavy atom. The van der Waals surface area contributed by atoms with Gasteiger partial charge in [0.25, 0.3) is 0 Å². The maximum atomic E-state index is 10.2. The maximum absolute atomic E-state index is 10.2. The zero-order chi connectivity index (χ0) is 22.5. The van der Waals surface area contributed by atoms with Gasteiger partial charge in [0.05, 0.1) is 13.8 Å². The van der Waals surface area contributed by atoms with Crippen LogP contribution in [0.1, 0.15) is 2.74 Å². The molecule has 6 rings (SSSR count). The molecule has 0 aliphatic heterocycles. The number of benzene rings is 3. The summed E-state index contributed by atoms with van der Waals surface area (Å²) in [6, 6.07) is 25.5. The number of aromatic nitrogens is 3. The van der Waals surface area contributed by atoms with Crippen LogP contribution in [0.3, 0.4) is 0 Å². The first-order chi connectivity index (χ1) is 16.1. The molecule has 0 spiro atoms. The summed E-state index contributed by atoms with van der Waals surface area (Å²) in [6.45, 7) is 0. The van der Waals surface area contributed by atoms with Crippen LogP contribution < -0.4 is 0 Å². The third-order valence-corrected chi connectivity index (χ3v) is 6.24. The lowest BCUT2D eigenvalue weighted by atomic mass is 10.2. The fourth-order valence-electron chi connectivity index (χ4n) is 3.95. The second-order valence-corrected chi connectivity index (χ2v) is 8.28. The monoisotopic (exact) mass is 421 g/mol. The van der Waals surface area contributed by atoms with E-state index in [0.29, 0.717) is 11.3 Å². The number of pyridine rings is 2. The van der Waals surface area contributed by atoms with E-state index in [1.54, 1.807) is 12.1 Å². The van der Waals surface area contributed by atoms with Crippen molar-refractivity contribution in [3.05, 3.63) is 97.1 Å². The lowest BCUT2D eigenvalue weighted by molar-refractivity contribution is 0.480. The SMILES string of the molecule is [2H]c1cnc(-n2c3ccccc3c3ccc(Sc4ccc5cccc(O)c5n4)cc32)cc1[2H]. The third-order valence-electron chi connectivity index (χ3n) is 5.32.